The first-order valence-corrected chi connectivity index (χ1v) is 7.21. The summed E-state index contributed by atoms with van der Waals surface area (Å²) in [5.74, 6) is 0.868. The van der Waals surface area contributed by atoms with Crippen LogP contribution in [-0.2, 0) is 0 Å². The van der Waals surface area contributed by atoms with Gasteiger partial charge in [0.25, 0.3) is 0 Å². The van der Waals surface area contributed by atoms with Crippen LogP contribution in [0.15, 0.2) is 46.9 Å². The molecule has 0 heterocycles. The zero-order valence-electron chi connectivity index (χ0n) is 10.6. The Morgan fingerprint density at radius 1 is 1.16 bits per heavy atom. The van der Waals surface area contributed by atoms with Crippen molar-refractivity contribution >= 4 is 33.2 Å². The molecule has 0 radical (unpaired) electrons. The average Bonchev–Trinajstić information content (AvgIpc) is 2.41. The van der Waals surface area contributed by atoms with Gasteiger partial charge < -0.3 is 10.1 Å². The van der Waals surface area contributed by atoms with Crippen molar-refractivity contribution in [2.75, 3.05) is 18.5 Å². The molecule has 19 heavy (non-hydrogen) atoms. The van der Waals surface area contributed by atoms with Gasteiger partial charge in [0.1, 0.15) is 12.4 Å². The van der Waals surface area contributed by atoms with Crippen LogP contribution < -0.4 is 10.1 Å². The molecule has 100 valence electrons. The molecule has 0 saturated carbocycles. The number of hydrogen-bond acceptors (Lipinski definition) is 2. The molecule has 2 nitrogen and oxygen atoms in total. The molecule has 0 aliphatic rings. The molecule has 0 aliphatic carbocycles. The van der Waals surface area contributed by atoms with Crippen molar-refractivity contribution in [3.8, 4) is 5.75 Å². The highest BCUT2D eigenvalue weighted by molar-refractivity contribution is 9.10. The largest absolute Gasteiger partial charge is 0.492 e. The minimum Gasteiger partial charge on any atom is -0.492 e. The standard InChI is InChI=1S/C15H15BrClNO/c1-11-14(17)3-2-4-15(11)18-9-10-19-13-7-5-12(16)6-8-13/h2-8,18H,9-10H2,1H3. The number of nitrogens with one attached hydrogen (secondary N) is 1. The molecule has 0 spiro atoms. The van der Waals surface area contributed by atoms with Crippen LogP contribution >= 0.6 is 27.5 Å². The topological polar surface area (TPSA) is 21.3 Å². The van der Waals surface area contributed by atoms with E-state index in [4.69, 9.17) is 16.3 Å². The first kappa shape index (κ1) is 14.2. The summed E-state index contributed by atoms with van der Waals surface area (Å²) in [6.45, 7) is 3.34. The van der Waals surface area contributed by atoms with Gasteiger partial charge in [0, 0.05) is 21.7 Å². The van der Waals surface area contributed by atoms with Gasteiger partial charge in [0.15, 0.2) is 0 Å². The third-order valence-electron chi connectivity index (χ3n) is 2.77. The number of hydrogen-bond donors (Lipinski definition) is 1. The summed E-state index contributed by atoms with van der Waals surface area (Å²) in [4.78, 5) is 0. The van der Waals surface area contributed by atoms with Crippen LogP contribution in [0.4, 0.5) is 5.69 Å². The van der Waals surface area contributed by atoms with Crippen molar-refractivity contribution in [2.45, 2.75) is 6.92 Å². The van der Waals surface area contributed by atoms with Crippen LogP contribution in [0, 0.1) is 6.92 Å². The third-order valence-corrected chi connectivity index (χ3v) is 3.71. The number of halogens is 2. The molecule has 0 aromatic heterocycles. The summed E-state index contributed by atoms with van der Waals surface area (Å²) in [7, 11) is 0. The van der Waals surface area contributed by atoms with E-state index in [0.717, 1.165) is 33.0 Å². The van der Waals surface area contributed by atoms with Gasteiger partial charge in [-0.15, -0.1) is 0 Å². The monoisotopic (exact) mass is 339 g/mol. The van der Waals surface area contributed by atoms with E-state index in [1.165, 1.54) is 0 Å². The molecular formula is C15H15BrClNO. The summed E-state index contributed by atoms with van der Waals surface area (Å²) in [5, 5.41) is 4.09. The Labute approximate surface area is 126 Å². The van der Waals surface area contributed by atoms with E-state index in [1.54, 1.807) is 0 Å². The van der Waals surface area contributed by atoms with E-state index in [9.17, 15) is 0 Å². The lowest BCUT2D eigenvalue weighted by molar-refractivity contribution is 0.333. The van der Waals surface area contributed by atoms with Gasteiger partial charge in [-0.3, -0.25) is 0 Å². The van der Waals surface area contributed by atoms with Crippen molar-refractivity contribution in [1.29, 1.82) is 0 Å². The molecule has 2 aromatic rings. The zero-order valence-corrected chi connectivity index (χ0v) is 13.0. The normalized spacial score (nSPS) is 10.3. The predicted octanol–water partition coefficient (Wildman–Crippen LogP) is 4.90. The fourth-order valence-corrected chi connectivity index (χ4v) is 2.12. The van der Waals surface area contributed by atoms with Gasteiger partial charge in [0.05, 0.1) is 0 Å². The SMILES string of the molecule is Cc1c(Cl)cccc1NCCOc1ccc(Br)cc1. The zero-order chi connectivity index (χ0) is 13.7. The maximum atomic E-state index is 6.06. The van der Waals surface area contributed by atoms with Crippen molar-refractivity contribution < 1.29 is 4.74 Å². The van der Waals surface area contributed by atoms with Crippen molar-refractivity contribution in [3.63, 3.8) is 0 Å². The lowest BCUT2D eigenvalue weighted by Crippen LogP contribution is -2.12. The summed E-state index contributed by atoms with van der Waals surface area (Å²) >= 11 is 9.45. The van der Waals surface area contributed by atoms with Crippen LogP contribution in [0.25, 0.3) is 0 Å². The maximum Gasteiger partial charge on any atom is 0.119 e. The Morgan fingerprint density at radius 3 is 2.63 bits per heavy atom. The fourth-order valence-electron chi connectivity index (χ4n) is 1.68. The molecule has 2 aromatic carbocycles. The minimum absolute atomic E-state index is 0.605. The number of benzene rings is 2. The van der Waals surface area contributed by atoms with Crippen molar-refractivity contribution in [1.82, 2.24) is 0 Å². The van der Waals surface area contributed by atoms with E-state index in [2.05, 4.69) is 21.2 Å². The second-order valence-electron chi connectivity index (χ2n) is 4.14. The van der Waals surface area contributed by atoms with Gasteiger partial charge in [-0.1, -0.05) is 33.6 Å². The Balaban J connectivity index is 1.81. The Hall–Kier alpha value is -1.19. The van der Waals surface area contributed by atoms with Crippen LogP contribution in [0.5, 0.6) is 5.75 Å². The number of rotatable bonds is 5. The van der Waals surface area contributed by atoms with Crippen molar-refractivity contribution in [2.24, 2.45) is 0 Å². The first-order valence-electron chi connectivity index (χ1n) is 6.04. The quantitative estimate of drug-likeness (QED) is 0.782. The molecule has 0 unspecified atom stereocenters. The van der Waals surface area contributed by atoms with Gasteiger partial charge >= 0.3 is 0 Å². The predicted molar refractivity (Wildman–Crippen MR) is 84.3 cm³/mol. The molecule has 0 saturated heterocycles. The second kappa shape index (κ2) is 6.83. The molecule has 2 rings (SSSR count). The average molecular weight is 341 g/mol. The lowest BCUT2D eigenvalue weighted by atomic mass is 10.2. The molecule has 4 heteroatoms. The van der Waals surface area contributed by atoms with Crippen LogP contribution in [0.2, 0.25) is 5.02 Å². The van der Waals surface area contributed by atoms with Gasteiger partial charge in [-0.05, 0) is 48.9 Å². The van der Waals surface area contributed by atoms with Gasteiger partial charge in [0.2, 0.25) is 0 Å². The van der Waals surface area contributed by atoms with Gasteiger partial charge in [-0.25, -0.2) is 0 Å². The molecular weight excluding hydrogens is 326 g/mol. The minimum atomic E-state index is 0.605. The second-order valence-corrected chi connectivity index (χ2v) is 5.46. The summed E-state index contributed by atoms with van der Waals surface area (Å²) in [5.41, 5.74) is 2.11. The Kier molecular flexibility index (Phi) is 5.11. The number of ether oxygens (including phenoxy) is 1. The molecule has 0 fully saturated rings. The highest BCUT2D eigenvalue weighted by Gasteiger charge is 2.01. The Bertz CT molecular complexity index is 542. The maximum absolute atomic E-state index is 6.06. The molecule has 0 atom stereocenters. The van der Waals surface area contributed by atoms with E-state index < -0.39 is 0 Å². The molecule has 1 N–H and O–H groups in total. The first-order chi connectivity index (χ1) is 9.16. The van der Waals surface area contributed by atoms with E-state index in [0.29, 0.717) is 6.61 Å². The highest BCUT2D eigenvalue weighted by atomic mass is 79.9. The summed E-state index contributed by atoms with van der Waals surface area (Å²) in [6, 6.07) is 13.6. The molecule has 0 aliphatic heterocycles. The van der Waals surface area contributed by atoms with Crippen LogP contribution in [0.3, 0.4) is 0 Å². The fraction of sp³-hybridized carbons (Fsp3) is 0.200. The number of anilines is 1. The highest BCUT2D eigenvalue weighted by Crippen LogP contribution is 2.22. The smallest absolute Gasteiger partial charge is 0.119 e. The summed E-state index contributed by atoms with van der Waals surface area (Å²) in [6.07, 6.45) is 0. The molecule has 0 amide bonds. The van der Waals surface area contributed by atoms with Crippen molar-refractivity contribution in [3.05, 3.63) is 57.5 Å². The van der Waals surface area contributed by atoms with Crippen LogP contribution in [0.1, 0.15) is 5.56 Å². The Morgan fingerprint density at radius 2 is 1.89 bits per heavy atom. The lowest BCUT2D eigenvalue weighted by Gasteiger charge is -2.11. The third kappa shape index (κ3) is 4.15. The van der Waals surface area contributed by atoms with Gasteiger partial charge in [-0.2, -0.15) is 0 Å². The molecule has 0 bridgehead atoms. The van der Waals surface area contributed by atoms with E-state index >= 15 is 0 Å². The van der Waals surface area contributed by atoms with E-state index in [1.807, 2.05) is 49.4 Å². The van der Waals surface area contributed by atoms with Crippen LogP contribution in [-0.4, -0.2) is 13.2 Å². The summed E-state index contributed by atoms with van der Waals surface area (Å²) < 4.78 is 6.69. The van der Waals surface area contributed by atoms with E-state index in [-0.39, 0.29) is 0 Å².